The van der Waals surface area contributed by atoms with Gasteiger partial charge in [0.1, 0.15) is 0 Å². The largest absolute Gasteiger partial charge is 0.341 e. The van der Waals surface area contributed by atoms with E-state index in [4.69, 9.17) is 0 Å². The second-order valence-electron chi connectivity index (χ2n) is 4.54. The quantitative estimate of drug-likeness (QED) is 0.811. The number of hydrogen-bond acceptors (Lipinski definition) is 3. The summed E-state index contributed by atoms with van der Waals surface area (Å²) in [6, 6.07) is 2.01. The molecule has 0 radical (unpaired) electrons. The zero-order chi connectivity index (χ0) is 12.3. The summed E-state index contributed by atoms with van der Waals surface area (Å²) < 4.78 is 1.80. The fourth-order valence-electron chi connectivity index (χ4n) is 2.28. The molecule has 0 saturated carbocycles. The lowest BCUT2D eigenvalue weighted by Gasteiger charge is -2.31. The molecule has 0 spiro atoms. The Kier molecular flexibility index (Phi) is 3.78. The summed E-state index contributed by atoms with van der Waals surface area (Å²) >= 11 is 0. The minimum absolute atomic E-state index is 0.00693. The van der Waals surface area contributed by atoms with Crippen LogP contribution >= 0.6 is 0 Å². The molecule has 1 aliphatic rings. The lowest BCUT2D eigenvalue weighted by atomic mass is 10.0. The van der Waals surface area contributed by atoms with E-state index in [9.17, 15) is 4.79 Å². The topological polar surface area (TPSA) is 50.2 Å². The fraction of sp³-hybridized carbons (Fsp3) is 0.667. The molecular formula is C12H20N4O. The van der Waals surface area contributed by atoms with Crippen LogP contribution in [0.25, 0.3) is 0 Å². The van der Waals surface area contributed by atoms with Gasteiger partial charge in [0, 0.05) is 32.8 Å². The Balaban J connectivity index is 1.88. The summed E-state index contributed by atoms with van der Waals surface area (Å²) in [5.41, 5.74) is 1.05. The van der Waals surface area contributed by atoms with Gasteiger partial charge in [0.05, 0.1) is 11.7 Å². The van der Waals surface area contributed by atoms with Gasteiger partial charge in [-0.2, -0.15) is 5.10 Å². The molecule has 1 aliphatic heterocycles. The second-order valence-corrected chi connectivity index (χ2v) is 4.54. The highest BCUT2D eigenvalue weighted by Gasteiger charge is 2.26. The Labute approximate surface area is 102 Å². The van der Waals surface area contributed by atoms with Gasteiger partial charge in [-0.15, -0.1) is 0 Å². The molecule has 1 atom stereocenters. The third-order valence-corrected chi connectivity index (χ3v) is 3.29. The molecule has 1 aromatic rings. The number of likely N-dealkylation sites (tertiary alicyclic amines) is 1. The molecule has 17 heavy (non-hydrogen) atoms. The molecular weight excluding hydrogens is 216 g/mol. The van der Waals surface area contributed by atoms with Crippen LogP contribution in [0.1, 0.15) is 18.5 Å². The molecule has 1 N–H and O–H groups in total. The SMILES string of the molecule is CNC1CCCN(CCc2ccn(C)n2)C1=O. The van der Waals surface area contributed by atoms with Gasteiger partial charge in [0.15, 0.2) is 0 Å². The van der Waals surface area contributed by atoms with Gasteiger partial charge in [-0.3, -0.25) is 9.48 Å². The number of hydrogen-bond donors (Lipinski definition) is 1. The maximum atomic E-state index is 12.0. The van der Waals surface area contributed by atoms with Gasteiger partial charge in [0.25, 0.3) is 0 Å². The van der Waals surface area contributed by atoms with Gasteiger partial charge < -0.3 is 10.2 Å². The third-order valence-electron chi connectivity index (χ3n) is 3.29. The van der Waals surface area contributed by atoms with Crippen molar-refractivity contribution in [1.82, 2.24) is 20.0 Å². The third kappa shape index (κ3) is 2.85. The van der Waals surface area contributed by atoms with E-state index in [1.165, 1.54) is 0 Å². The number of carbonyl (C=O) groups excluding carboxylic acids is 1. The van der Waals surface area contributed by atoms with Gasteiger partial charge in [-0.25, -0.2) is 0 Å². The first-order valence-corrected chi connectivity index (χ1v) is 6.15. The highest BCUT2D eigenvalue weighted by Crippen LogP contribution is 2.12. The molecule has 0 aliphatic carbocycles. The van der Waals surface area contributed by atoms with Crippen LogP contribution in [0.15, 0.2) is 12.3 Å². The first-order chi connectivity index (χ1) is 8.20. The number of piperidine rings is 1. The number of nitrogens with one attached hydrogen (secondary N) is 1. The summed E-state index contributed by atoms with van der Waals surface area (Å²) in [5, 5.41) is 7.40. The second kappa shape index (κ2) is 5.31. The first-order valence-electron chi connectivity index (χ1n) is 6.15. The number of nitrogens with zero attached hydrogens (tertiary/aromatic N) is 3. The zero-order valence-corrected chi connectivity index (χ0v) is 10.5. The molecule has 0 bridgehead atoms. The summed E-state index contributed by atoms with van der Waals surface area (Å²) in [5.74, 6) is 0.231. The molecule has 1 aromatic heterocycles. The maximum Gasteiger partial charge on any atom is 0.239 e. The first kappa shape index (κ1) is 12.1. The number of carbonyl (C=O) groups is 1. The number of aromatic nitrogens is 2. The Bertz CT molecular complexity index is 388. The lowest BCUT2D eigenvalue weighted by molar-refractivity contribution is -0.135. The highest BCUT2D eigenvalue weighted by molar-refractivity contribution is 5.82. The lowest BCUT2D eigenvalue weighted by Crippen LogP contribution is -2.50. The van der Waals surface area contributed by atoms with Crippen molar-refractivity contribution in [3.05, 3.63) is 18.0 Å². The molecule has 2 heterocycles. The van der Waals surface area contributed by atoms with Crippen LogP contribution in [-0.2, 0) is 18.3 Å². The van der Waals surface area contributed by atoms with Gasteiger partial charge in [-0.1, -0.05) is 0 Å². The van der Waals surface area contributed by atoms with E-state index in [0.29, 0.717) is 0 Å². The van der Waals surface area contributed by atoms with E-state index >= 15 is 0 Å². The van der Waals surface area contributed by atoms with Crippen molar-refractivity contribution in [1.29, 1.82) is 0 Å². The normalized spacial score (nSPS) is 20.9. The van der Waals surface area contributed by atoms with Crippen LogP contribution in [0.5, 0.6) is 0 Å². The minimum Gasteiger partial charge on any atom is -0.341 e. The molecule has 94 valence electrons. The summed E-state index contributed by atoms with van der Waals surface area (Å²) in [7, 11) is 3.76. The van der Waals surface area contributed by atoms with Crippen molar-refractivity contribution >= 4 is 5.91 Å². The van der Waals surface area contributed by atoms with Crippen LogP contribution in [0.3, 0.4) is 0 Å². The van der Waals surface area contributed by atoms with Crippen LogP contribution in [0, 0.1) is 0 Å². The molecule has 1 fully saturated rings. The molecule has 0 aromatic carbocycles. The number of aryl methyl sites for hydroxylation is 1. The smallest absolute Gasteiger partial charge is 0.239 e. The average molecular weight is 236 g/mol. The van der Waals surface area contributed by atoms with E-state index in [2.05, 4.69) is 10.4 Å². The molecule has 2 rings (SSSR count). The van der Waals surface area contributed by atoms with E-state index < -0.39 is 0 Å². The number of rotatable bonds is 4. The maximum absolute atomic E-state index is 12.0. The van der Waals surface area contributed by atoms with Crippen molar-refractivity contribution in [2.45, 2.75) is 25.3 Å². The van der Waals surface area contributed by atoms with Crippen LogP contribution in [0.2, 0.25) is 0 Å². The number of amides is 1. The molecule has 5 nitrogen and oxygen atoms in total. The van der Waals surface area contributed by atoms with E-state index in [0.717, 1.165) is 38.0 Å². The van der Waals surface area contributed by atoms with Gasteiger partial charge in [0.2, 0.25) is 5.91 Å². The molecule has 1 unspecified atom stereocenters. The van der Waals surface area contributed by atoms with Crippen LogP contribution < -0.4 is 5.32 Å². The highest BCUT2D eigenvalue weighted by atomic mass is 16.2. The Hall–Kier alpha value is -1.36. The fourth-order valence-corrected chi connectivity index (χ4v) is 2.28. The molecule has 5 heteroatoms. The predicted octanol–water partition coefficient (Wildman–Crippen LogP) is 0.173. The zero-order valence-electron chi connectivity index (χ0n) is 10.5. The monoisotopic (exact) mass is 236 g/mol. The van der Waals surface area contributed by atoms with Gasteiger partial charge >= 0.3 is 0 Å². The number of likely N-dealkylation sites (N-methyl/N-ethyl adjacent to an activating group) is 1. The minimum atomic E-state index is 0.00693. The Morgan fingerprint density at radius 1 is 1.59 bits per heavy atom. The summed E-state index contributed by atoms with van der Waals surface area (Å²) in [4.78, 5) is 14.0. The summed E-state index contributed by atoms with van der Waals surface area (Å²) in [6.45, 7) is 1.65. The van der Waals surface area contributed by atoms with Crippen molar-refractivity contribution in [3.8, 4) is 0 Å². The van der Waals surface area contributed by atoms with E-state index in [1.54, 1.807) is 4.68 Å². The van der Waals surface area contributed by atoms with Gasteiger partial charge in [-0.05, 0) is 26.0 Å². The predicted molar refractivity (Wildman–Crippen MR) is 65.6 cm³/mol. The van der Waals surface area contributed by atoms with Crippen molar-refractivity contribution in [2.75, 3.05) is 20.1 Å². The summed E-state index contributed by atoms with van der Waals surface area (Å²) in [6.07, 6.45) is 4.81. The van der Waals surface area contributed by atoms with E-state index in [1.807, 2.05) is 31.3 Å². The standard InChI is InChI=1S/C12H20N4O/c1-13-11-4-3-7-16(12(11)17)9-6-10-5-8-15(2)14-10/h5,8,11,13H,3-4,6-7,9H2,1-2H3. The van der Waals surface area contributed by atoms with Crippen molar-refractivity contribution in [3.63, 3.8) is 0 Å². The van der Waals surface area contributed by atoms with Crippen molar-refractivity contribution < 1.29 is 4.79 Å². The molecule has 1 saturated heterocycles. The van der Waals surface area contributed by atoms with E-state index in [-0.39, 0.29) is 11.9 Å². The van der Waals surface area contributed by atoms with Crippen LogP contribution in [0.4, 0.5) is 0 Å². The van der Waals surface area contributed by atoms with Crippen molar-refractivity contribution in [2.24, 2.45) is 7.05 Å². The average Bonchev–Trinajstić information content (AvgIpc) is 2.74. The van der Waals surface area contributed by atoms with Crippen LogP contribution in [-0.4, -0.2) is 46.8 Å². The Morgan fingerprint density at radius 3 is 3.06 bits per heavy atom. The Morgan fingerprint density at radius 2 is 2.41 bits per heavy atom. The molecule has 1 amide bonds.